The molecule has 0 aliphatic heterocycles. The van der Waals surface area contributed by atoms with E-state index in [4.69, 9.17) is 4.74 Å². The van der Waals surface area contributed by atoms with Gasteiger partial charge in [-0.1, -0.05) is 30.3 Å². The average molecular weight is 306 g/mol. The lowest BCUT2D eigenvalue weighted by molar-refractivity contribution is 0.446. The van der Waals surface area contributed by atoms with E-state index < -0.39 is 5.82 Å². The Morgan fingerprint density at radius 2 is 1.65 bits per heavy atom. The average Bonchev–Trinajstić information content (AvgIpc) is 2.57. The molecule has 0 aliphatic rings. The van der Waals surface area contributed by atoms with Gasteiger partial charge in [0.2, 0.25) is 0 Å². The van der Waals surface area contributed by atoms with Gasteiger partial charge in [0, 0.05) is 17.0 Å². The van der Waals surface area contributed by atoms with Crippen LogP contribution in [0.4, 0.5) is 4.39 Å². The topological polar surface area (TPSA) is 55.0 Å². The number of para-hydroxylation sites is 1. The number of hydrogen-bond acceptors (Lipinski definition) is 3. The Hall–Kier alpha value is -3.21. The van der Waals surface area contributed by atoms with Gasteiger partial charge < -0.3 is 9.72 Å². The van der Waals surface area contributed by atoms with Gasteiger partial charge in [-0.15, -0.1) is 0 Å². The summed E-state index contributed by atoms with van der Waals surface area (Å²) in [7, 11) is 0. The molecule has 5 heteroatoms. The number of nitrogens with zero attached hydrogens (tertiary/aromatic N) is 1. The highest BCUT2D eigenvalue weighted by atomic mass is 19.1. The molecule has 2 aromatic heterocycles. The molecule has 0 bridgehead atoms. The van der Waals surface area contributed by atoms with Crippen molar-refractivity contribution in [1.29, 1.82) is 0 Å². The van der Waals surface area contributed by atoms with Crippen LogP contribution in [0, 0.1) is 5.82 Å². The van der Waals surface area contributed by atoms with Crippen LogP contribution in [0.2, 0.25) is 0 Å². The quantitative estimate of drug-likeness (QED) is 0.569. The summed E-state index contributed by atoms with van der Waals surface area (Å²) in [4.78, 5) is 19.0. The molecule has 0 saturated carbocycles. The van der Waals surface area contributed by atoms with Gasteiger partial charge in [-0.3, -0.25) is 4.79 Å². The van der Waals surface area contributed by atoms with Crippen LogP contribution >= 0.6 is 0 Å². The first-order chi connectivity index (χ1) is 11.2. The zero-order valence-corrected chi connectivity index (χ0v) is 11.9. The number of H-pyrrole nitrogens is 1. The van der Waals surface area contributed by atoms with E-state index in [-0.39, 0.29) is 11.3 Å². The molecule has 0 fully saturated rings. The molecule has 4 rings (SSSR count). The lowest BCUT2D eigenvalue weighted by atomic mass is 10.1. The second-order valence-electron chi connectivity index (χ2n) is 5.06. The number of ether oxygens (including phenoxy) is 1. The van der Waals surface area contributed by atoms with E-state index in [2.05, 4.69) is 9.97 Å². The van der Waals surface area contributed by atoms with Crippen LogP contribution < -0.4 is 10.3 Å². The molecular weight excluding hydrogens is 295 g/mol. The third-order valence-corrected chi connectivity index (χ3v) is 3.64. The van der Waals surface area contributed by atoms with Crippen molar-refractivity contribution in [2.45, 2.75) is 0 Å². The van der Waals surface area contributed by atoms with Gasteiger partial charge in [0.05, 0.1) is 5.39 Å². The highest BCUT2D eigenvalue weighted by Crippen LogP contribution is 2.33. The minimum Gasteiger partial charge on any atom is -0.453 e. The van der Waals surface area contributed by atoms with Gasteiger partial charge in [0.1, 0.15) is 11.4 Å². The van der Waals surface area contributed by atoms with Gasteiger partial charge in [-0.25, -0.2) is 9.37 Å². The van der Waals surface area contributed by atoms with E-state index in [0.29, 0.717) is 27.6 Å². The summed E-state index contributed by atoms with van der Waals surface area (Å²) in [6, 6.07) is 15.0. The molecule has 1 N–H and O–H groups in total. The Bertz CT molecular complexity index is 1090. The van der Waals surface area contributed by atoms with E-state index >= 15 is 0 Å². The summed E-state index contributed by atoms with van der Waals surface area (Å²) in [5.41, 5.74) is 0.186. The van der Waals surface area contributed by atoms with E-state index in [9.17, 15) is 9.18 Å². The summed E-state index contributed by atoms with van der Waals surface area (Å²) < 4.78 is 19.6. The molecule has 23 heavy (non-hydrogen) atoms. The first kappa shape index (κ1) is 13.5. The fourth-order valence-electron chi connectivity index (χ4n) is 2.60. The minimum absolute atomic E-state index is 0.121. The Morgan fingerprint density at radius 1 is 0.913 bits per heavy atom. The van der Waals surface area contributed by atoms with Gasteiger partial charge in [0.15, 0.2) is 11.6 Å². The number of aromatic nitrogens is 2. The molecule has 0 saturated heterocycles. The van der Waals surface area contributed by atoms with Crippen LogP contribution in [0.15, 0.2) is 65.6 Å². The van der Waals surface area contributed by atoms with Crippen molar-refractivity contribution in [2.75, 3.05) is 0 Å². The first-order valence-electron chi connectivity index (χ1n) is 7.06. The highest BCUT2D eigenvalue weighted by Gasteiger charge is 2.12. The third-order valence-electron chi connectivity index (χ3n) is 3.64. The maximum absolute atomic E-state index is 13.9. The monoisotopic (exact) mass is 306 g/mol. The Balaban J connectivity index is 2.03. The van der Waals surface area contributed by atoms with Crippen molar-refractivity contribution in [2.24, 2.45) is 0 Å². The van der Waals surface area contributed by atoms with Crippen LogP contribution in [0.5, 0.6) is 11.5 Å². The second-order valence-corrected chi connectivity index (χ2v) is 5.06. The molecule has 4 aromatic rings. The minimum atomic E-state index is -0.453. The van der Waals surface area contributed by atoms with E-state index in [1.807, 2.05) is 12.1 Å². The molecule has 0 atom stereocenters. The van der Waals surface area contributed by atoms with Crippen LogP contribution in [0.25, 0.3) is 21.8 Å². The molecule has 4 nitrogen and oxygen atoms in total. The number of benzene rings is 2. The summed E-state index contributed by atoms with van der Waals surface area (Å²) in [5, 5.41) is 1.89. The van der Waals surface area contributed by atoms with Gasteiger partial charge in [-0.05, 0) is 24.3 Å². The third kappa shape index (κ3) is 2.23. The van der Waals surface area contributed by atoms with Crippen LogP contribution in [0.3, 0.4) is 0 Å². The van der Waals surface area contributed by atoms with Crippen molar-refractivity contribution in [3.8, 4) is 11.5 Å². The van der Waals surface area contributed by atoms with Crippen LogP contribution in [0.1, 0.15) is 0 Å². The molecule has 0 aliphatic carbocycles. The first-order valence-corrected chi connectivity index (χ1v) is 7.06. The summed E-state index contributed by atoms with van der Waals surface area (Å²) >= 11 is 0. The number of aromatic amines is 1. The Kier molecular flexibility index (Phi) is 3.05. The summed E-state index contributed by atoms with van der Waals surface area (Å²) in [6.45, 7) is 0. The van der Waals surface area contributed by atoms with Crippen molar-refractivity contribution in [3.05, 3.63) is 77.0 Å². The normalized spacial score (nSPS) is 11.0. The molecule has 0 spiro atoms. The largest absolute Gasteiger partial charge is 0.453 e. The van der Waals surface area contributed by atoms with Crippen LogP contribution in [-0.4, -0.2) is 9.97 Å². The van der Waals surface area contributed by atoms with E-state index in [1.54, 1.807) is 36.4 Å². The van der Waals surface area contributed by atoms with Crippen molar-refractivity contribution < 1.29 is 9.13 Å². The van der Waals surface area contributed by atoms with Crippen molar-refractivity contribution >= 4 is 21.8 Å². The number of nitrogens with one attached hydrogen (secondary N) is 1. The molecule has 0 radical (unpaired) electrons. The predicted molar refractivity (Wildman–Crippen MR) is 86.3 cm³/mol. The van der Waals surface area contributed by atoms with Gasteiger partial charge in [0.25, 0.3) is 5.56 Å². The van der Waals surface area contributed by atoms with Gasteiger partial charge in [-0.2, -0.15) is 0 Å². The fraction of sp³-hybridized carbons (Fsp3) is 0. The number of rotatable bonds is 2. The van der Waals surface area contributed by atoms with E-state index in [1.165, 1.54) is 12.3 Å². The number of hydrogen-bond donors (Lipinski definition) is 1. The molecule has 2 aromatic carbocycles. The zero-order valence-electron chi connectivity index (χ0n) is 11.9. The zero-order chi connectivity index (χ0) is 15.8. The smallest absolute Gasteiger partial charge is 0.257 e. The molecule has 2 heterocycles. The maximum atomic E-state index is 13.9. The molecular formula is C18H11FN2O2. The molecule has 0 amide bonds. The summed E-state index contributed by atoms with van der Waals surface area (Å²) in [6.07, 6.45) is 1.52. The van der Waals surface area contributed by atoms with Gasteiger partial charge >= 0.3 is 0 Å². The fourth-order valence-corrected chi connectivity index (χ4v) is 2.60. The van der Waals surface area contributed by atoms with Crippen LogP contribution in [-0.2, 0) is 0 Å². The highest BCUT2D eigenvalue weighted by molar-refractivity contribution is 6.07. The number of pyridine rings is 2. The number of fused-ring (bicyclic) bond motifs is 3. The lowest BCUT2D eigenvalue weighted by Gasteiger charge is -2.11. The van der Waals surface area contributed by atoms with Crippen molar-refractivity contribution in [3.63, 3.8) is 0 Å². The predicted octanol–water partition coefficient (Wildman–Crippen LogP) is 4.01. The van der Waals surface area contributed by atoms with E-state index in [0.717, 1.165) is 0 Å². The Labute approximate surface area is 130 Å². The second kappa shape index (κ2) is 5.21. The summed E-state index contributed by atoms with van der Waals surface area (Å²) in [5.74, 6) is 0.106. The molecule has 0 unspecified atom stereocenters. The molecule has 112 valence electrons. The Morgan fingerprint density at radius 3 is 2.48 bits per heavy atom. The SMILES string of the molecule is O=c1[nH]c2nccc(Oc3ccccc3F)c2c2ccccc12. The standard InChI is InChI=1S/C18H11FN2O2/c19-13-7-3-4-8-14(13)23-15-9-10-20-17-16(15)11-5-1-2-6-12(11)18(22)21-17/h1-10H,(H,20,21,22). The lowest BCUT2D eigenvalue weighted by Crippen LogP contribution is -2.07. The number of halogens is 1. The van der Waals surface area contributed by atoms with Crippen molar-refractivity contribution in [1.82, 2.24) is 9.97 Å². The maximum Gasteiger partial charge on any atom is 0.257 e.